The summed E-state index contributed by atoms with van der Waals surface area (Å²) in [5.74, 6) is 0.305. The summed E-state index contributed by atoms with van der Waals surface area (Å²) in [4.78, 5) is 43.7. The zero-order valence-corrected chi connectivity index (χ0v) is 19.0. The van der Waals surface area contributed by atoms with Crippen molar-refractivity contribution >= 4 is 28.4 Å². The number of hydrogen-bond donors (Lipinski definition) is 1. The molecule has 2 aromatic carbocycles. The van der Waals surface area contributed by atoms with Crippen molar-refractivity contribution < 1.29 is 19.1 Å². The Morgan fingerprint density at radius 2 is 1.71 bits per heavy atom. The van der Waals surface area contributed by atoms with E-state index in [1.54, 1.807) is 67.6 Å². The Balaban J connectivity index is 1.75. The van der Waals surface area contributed by atoms with Crippen LogP contribution in [0.1, 0.15) is 21.6 Å². The van der Waals surface area contributed by atoms with Gasteiger partial charge in [0.15, 0.2) is 5.78 Å². The molecular weight excluding hydrogens is 434 g/mol. The van der Waals surface area contributed by atoms with E-state index in [4.69, 9.17) is 9.47 Å². The predicted molar refractivity (Wildman–Crippen MR) is 129 cm³/mol. The van der Waals surface area contributed by atoms with Gasteiger partial charge in [-0.05, 0) is 55.5 Å². The summed E-state index contributed by atoms with van der Waals surface area (Å²) in [5.41, 5.74) is 1.37. The summed E-state index contributed by atoms with van der Waals surface area (Å²) in [6, 6.07) is 16.9. The van der Waals surface area contributed by atoms with Gasteiger partial charge in [-0.1, -0.05) is 12.1 Å². The van der Waals surface area contributed by atoms with E-state index >= 15 is 0 Å². The summed E-state index contributed by atoms with van der Waals surface area (Å²) < 4.78 is 11.9. The van der Waals surface area contributed by atoms with E-state index in [-0.39, 0.29) is 23.4 Å². The number of carbonyl (C=O) groups is 2. The number of para-hydroxylation sites is 2. The zero-order valence-electron chi connectivity index (χ0n) is 19.0. The molecule has 0 aliphatic heterocycles. The van der Waals surface area contributed by atoms with Crippen LogP contribution in [0.25, 0.3) is 11.0 Å². The van der Waals surface area contributed by atoms with Crippen molar-refractivity contribution in [3.8, 4) is 11.5 Å². The van der Waals surface area contributed by atoms with Crippen LogP contribution in [0.15, 0.2) is 71.7 Å². The first-order valence-electron chi connectivity index (χ1n) is 10.5. The highest BCUT2D eigenvalue weighted by Gasteiger charge is 2.19. The van der Waals surface area contributed by atoms with Crippen molar-refractivity contribution in [1.82, 2.24) is 9.55 Å². The van der Waals surface area contributed by atoms with E-state index in [0.29, 0.717) is 34.1 Å². The second-order valence-electron chi connectivity index (χ2n) is 7.63. The first-order chi connectivity index (χ1) is 16.4. The van der Waals surface area contributed by atoms with Gasteiger partial charge in [0.05, 0.1) is 30.9 Å². The molecule has 0 aliphatic carbocycles. The molecule has 0 aliphatic rings. The Hall–Kier alpha value is -4.46. The number of carbonyl (C=O) groups excluding carboxylic acids is 2. The summed E-state index contributed by atoms with van der Waals surface area (Å²) in [5, 5.41) is 3.07. The first-order valence-corrected chi connectivity index (χ1v) is 10.5. The van der Waals surface area contributed by atoms with E-state index in [9.17, 15) is 14.4 Å². The number of aromatic nitrogens is 2. The van der Waals surface area contributed by atoms with Crippen LogP contribution in [-0.2, 0) is 11.3 Å². The average Bonchev–Trinajstić information content (AvgIpc) is 2.85. The van der Waals surface area contributed by atoms with Crippen LogP contribution in [0.3, 0.4) is 0 Å². The lowest BCUT2D eigenvalue weighted by Gasteiger charge is -2.14. The molecular formula is C26H23N3O5. The maximum atomic E-state index is 13.2. The maximum Gasteiger partial charge on any atom is 0.244 e. The van der Waals surface area contributed by atoms with Crippen LogP contribution in [0, 0.1) is 6.92 Å². The number of methoxy groups -OCH3 is 2. The fourth-order valence-electron chi connectivity index (χ4n) is 3.63. The summed E-state index contributed by atoms with van der Waals surface area (Å²) >= 11 is 0. The summed E-state index contributed by atoms with van der Waals surface area (Å²) in [6.07, 6.45) is 1.39. The minimum atomic E-state index is -0.450. The second-order valence-corrected chi connectivity index (χ2v) is 7.63. The molecule has 4 rings (SSSR count). The number of aryl methyl sites for hydroxylation is 1. The topological polar surface area (TPSA) is 99.5 Å². The molecule has 0 fully saturated rings. The standard InChI is InChI=1S/C26H23N3O5/c1-16-8-13-19-25(32)20(24(31)17-9-11-18(33-2)12-10-17)14-29(26(19)27-16)15-23(30)28-21-6-4-5-7-22(21)34-3/h4-14H,15H2,1-3H3,(H,28,30). The number of hydrogen-bond acceptors (Lipinski definition) is 6. The van der Waals surface area contributed by atoms with Crippen molar-refractivity contribution in [2.45, 2.75) is 13.5 Å². The molecule has 0 spiro atoms. The number of fused-ring (bicyclic) bond motifs is 1. The van der Waals surface area contributed by atoms with Crippen LogP contribution < -0.4 is 20.2 Å². The van der Waals surface area contributed by atoms with Crippen LogP contribution in [-0.4, -0.2) is 35.5 Å². The smallest absolute Gasteiger partial charge is 0.244 e. The molecule has 0 saturated heterocycles. The average molecular weight is 457 g/mol. The SMILES string of the molecule is COc1ccc(C(=O)c2cn(CC(=O)Nc3ccccc3OC)c3nc(C)ccc3c2=O)cc1. The van der Waals surface area contributed by atoms with E-state index < -0.39 is 11.2 Å². The van der Waals surface area contributed by atoms with Crippen molar-refractivity contribution in [1.29, 1.82) is 0 Å². The van der Waals surface area contributed by atoms with Gasteiger partial charge in [-0.25, -0.2) is 4.98 Å². The van der Waals surface area contributed by atoms with Gasteiger partial charge < -0.3 is 19.4 Å². The molecule has 0 bridgehead atoms. The molecule has 0 unspecified atom stereocenters. The minimum Gasteiger partial charge on any atom is -0.497 e. The normalized spacial score (nSPS) is 10.7. The molecule has 8 heteroatoms. The zero-order chi connectivity index (χ0) is 24.2. The van der Waals surface area contributed by atoms with Crippen molar-refractivity contribution in [3.05, 3.63) is 93.9 Å². The molecule has 172 valence electrons. The lowest BCUT2D eigenvalue weighted by molar-refractivity contribution is -0.116. The lowest BCUT2D eigenvalue weighted by atomic mass is 10.0. The van der Waals surface area contributed by atoms with Gasteiger partial charge in [0.2, 0.25) is 11.3 Å². The third-order valence-corrected chi connectivity index (χ3v) is 5.35. The molecule has 1 amide bonds. The fourth-order valence-corrected chi connectivity index (χ4v) is 3.63. The highest BCUT2D eigenvalue weighted by atomic mass is 16.5. The van der Waals surface area contributed by atoms with Gasteiger partial charge in [0, 0.05) is 17.5 Å². The molecule has 4 aromatic rings. The van der Waals surface area contributed by atoms with Gasteiger partial charge >= 0.3 is 0 Å². The molecule has 0 atom stereocenters. The van der Waals surface area contributed by atoms with Crippen LogP contribution >= 0.6 is 0 Å². The van der Waals surface area contributed by atoms with Crippen molar-refractivity contribution in [2.24, 2.45) is 0 Å². The summed E-state index contributed by atoms with van der Waals surface area (Å²) in [7, 11) is 3.05. The molecule has 2 heterocycles. The van der Waals surface area contributed by atoms with Crippen molar-refractivity contribution in [3.63, 3.8) is 0 Å². The Kier molecular flexibility index (Phi) is 6.40. The number of amides is 1. The van der Waals surface area contributed by atoms with E-state index in [1.165, 1.54) is 25.0 Å². The number of nitrogens with one attached hydrogen (secondary N) is 1. The Bertz CT molecular complexity index is 1440. The van der Waals surface area contributed by atoms with E-state index in [1.807, 2.05) is 0 Å². The third-order valence-electron chi connectivity index (χ3n) is 5.35. The highest BCUT2D eigenvalue weighted by Crippen LogP contribution is 2.23. The van der Waals surface area contributed by atoms with Crippen LogP contribution in [0.2, 0.25) is 0 Å². The van der Waals surface area contributed by atoms with E-state index in [0.717, 1.165) is 0 Å². The number of pyridine rings is 2. The van der Waals surface area contributed by atoms with Gasteiger partial charge in [0.1, 0.15) is 23.7 Å². The van der Waals surface area contributed by atoms with Gasteiger partial charge in [0.25, 0.3) is 0 Å². The quantitative estimate of drug-likeness (QED) is 0.426. The fraction of sp³-hybridized carbons (Fsp3) is 0.154. The molecule has 8 nitrogen and oxygen atoms in total. The number of anilines is 1. The summed E-state index contributed by atoms with van der Waals surface area (Å²) in [6.45, 7) is 1.63. The van der Waals surface area contributed by atoms with Crippen molar-refractivity contribution in [2.75, 3.05) is 19.5 Å². The Morgan fingerprint density at radius 3 is 2.41 bits per heavy atom. The Labute approximate surface area is 195 Å². The monoisotopic (exact) mass is 457 g/mol. The van der Waals surface area contributed by atoms with Gasteiger partial charge in [-0.2, -0.15) is 0 Å². The molecule has 2 aromatic heterocycles. The second kappa shape index (κ2) is 9.58. The highest BCUT2D eigenvalue weighted by molar-refractivity contribution is 6.10. The number of rotatable bonds is 7. The largest absolute Gasteiger partial charge is 0.497 e. The van der Waals surface area contributed by atoms with E-state index in [2.05, 4.69) is 10.3 Å². The lowest BCUT2D eigenvalue weighted by Crippen LogP contribution is -2.25. The van der Waals surface area contributed by atoms with Gasteiger partial charge in [-0.3, -0.25) is 14.4 Å². The molecule has 1 N–H and O–H groups in total. The maximum absolute atomic E-state index is 13.2. The number of ketones is 1. The van der Waals surface area contributed by atoms with Gasteiger partial charge in [-0.15, -0.1) is 0 Å². The molecule has 0 saturated carbocycles. The van der Waals surface area contributed by atoms with Crippen LogP contribution in [0.5, 0.6) is 11.5 Å². The number of ether oxygens (including phenoxy) is 2. The molecule has 34 heavy (non-hydrogen) atoms. The third kappa shape index (κ3) is 4.52. The first kappa shape index (κ1) is 22.7. The predicted octanol–water partition coefficient (Wildman–Crippen LogP) is 3.59. The minimum absolute atomic E-state index is 0.0478. The number of benzene rings is 2. The Morgan fingerprint density at radius 1 is 0.971 bits per heavy atom. The van der Waals surface area contributed by atoms with Crippen LogP contribution in [0.4, 0.5) is 5.69 Å². The number of nitrogens with zero attached hydrogens (tertiary/aromatic N) is 2. The molecule has 0 radical (unpaired) electrons.